The van der Waals surface area contributed by atoms with Gasteiger partial charge in [0.15, 0.2) is 6.10 Å². The lowest BCUT2D eigenvalue weighted by Crippen LogP contribution is -2.09. The first-order chi connectivity index (χ1) is 13.4. The van der Waals surface area contributed by atoms with Gasteiger partial charge in [0.05, 0.1) is 0 Å². The van der Waals surface area contributed by atoms with Gasteiger partial charge in [-0.2, -0.15) is 0 Å². The number of carbonyl (C=O) groups is 1. The lowest BCUT2D eigenvalue weighted by molar-refractivity contribution is 0.0245. The molecule has 0 N–H and O–H groups in total. The minimum atomic E-state index is -0.726. The Morgan fingerprint density at radius 2 is 1.82 bits per heavy atom. The standard InChI is InChI=1S/C21H17ClN2O4/c1-11-4-6-14(7-5-11)20-24-23-19(28-20)13(3)26-21(25)18-12(2)16-10-15(22)8-9-17(16)27-18/h4-10,13H,1-3H3. The van der Waals surface area contributed by atoms with E-state index in [0.717, 1.165) is 16.5 Å². The van der Waals surface area contributed by atoms with Crippen molar-refractivity contribution in [3.05, 3.63) is 70.3 Å². The molecule has 7 heteroatoms. The third-order valence-corrected chi connectivity index (χ3v) is 4.69. The summed E-state index contributed by atoms with van der Waals surface area (Å²) in [7, 11) is 0. The van der Waals surface area contributed by atoms with Crippen molar-refractivity contribution in [1.29, 1.82) is 0 Å². The third kappa shape index (κ3) is 3.39. The lowest BCUT2D eigenvalue weighted by Gasteiger charge is -2.08. The number of carbonyl (C=O) groups excluding carboxylic acids is 1. The Kier molecular flexibility index (Phi) is 4.65. The summed E-state index contributed by atoms with van der Waals surface area (Å²) in [6.45, 7) is 5.45. The summed E-state index contributed by atoms with van der Waals surface area (Å²) < 4.78 is 16.8. The van der Waals surface area contributed by atoms with E-state index in [1.165, 1.54) is 0 Å². The van der Waals surface area contributed by atoms with Gasteiger partial charge in [-0.1, -0.05) is 29.3 Å². The Morgan fingerprint density at radius 1 is 1.07 bits per heavy atom. The van der Waals surface area contributed by atoms with Crippen molar-refractivity contribution in [2.75, 3.05) is 0 Å². The molecule has 4 rings (SSSR count). The summed E-state index contributed by atoms with van der Waals surface area (Å²) in [6.07, 6.45) is -0.726. The maximum atomic E-state index is 12.6. The number of furan rings is 1. The highest BCUT2D eigenvalue weighted by atomic mass is 35.5. The molecule has 1 unspecified atom stereocenters. The van der Waals surface area contributed by atoms with Crippen LogP contribution in [-0.4, -0.2) is 16.2 Å². The number of esters is 1. The van der Waals surface area contributed by atoms with Crippen LogP contribution in [0.25, 0.3) is 22.4 Å². The molecule has 0 saturated carbocycles. The molecule has 2 aromatic heterocycles. The molecule has 0 aliphatic carbocycles. The number of benzene rings is 2. The maximum absolute atomic E-state index is 12.6. The van der Waals surface area contributed by atoms with E-state index < -0.39 is 12.1 Å². The highest BCUT2D eigenvalue weighted by Crippen LogP contribution is 2.30. The van der Waals surface area contributed by atoms with Crippen LogP contribution in [0.4, 0.5) is 0 Å². The molecule has 28 heavy (non-hydrogen) atoms. The number of nitrogens with zero attached hydrogens (tertiary/aromatic N) is 2. The van der Waals surface area contributed by atoms with Gasteiger partial charge in [-0.15, -0.1) is 10.2 Å². The predicted octanol–water partition coefficient (Wildman–Crippen LogP) is 5.67. The SMILES string of the molecule is Cc1ccc(-c2nnc(C(C)OC(=O)c3oc4ccc(Cl)cc4c3C)o2)cc1. The van der Waals surface area contributed by atoms with E-state index >= 15 is 0 Å². The minimum Gasteiger partial charge on any atom is -0.449 e. The van der Waals surface area contributed by atoms with Crippen molar-refractivity contribution in [1.82, 2.24) is 10.2 Å². The van der Waals surface area contributed by atoms with Crippen molar-refractivity contribution in [2.24, 2.45) is 0 Å². The van der Waals surface area contributed by atoms with Crippen molar-refractivity contribution < 1.29 is 18.4 Å². The zero-order valence-corrected chi connectivity index (χ0v) is 16.3. The van der Waals surface area contributed by atoms with Gasteiger partial charge < -0.3 is 13.6 Å². The number of hydrogen-bond donors (Lipinski definition) is 0. The molecule has 142 valence electrons. The van der Waals surface area contributed by atoms with Gasteiger partial charge in [-0.05, 0) is 51.1 Å². The summed E-state index contributed by atoms with van der Waals surface area (Å²) in [4.78, 5) is 12.6. The van der Waals surface area contributed by atoms with Gasteiger partial charge in [-0.3, -0.25) is 0 Å². The van der Waals surface area contributed by atoms with Crippen LogP contribution >= 0.6 is 11.6 Å². The smallest absolute Gasteiger partial charge is 0.375 e. The average molecular weight is 397 g/mol. The topological polar surface area (TPSA) is 78.4 Å². The summed E-state index contributed by atoms with van der Waals surface area (Å²) in [5, 5.41) is 9.37. The molecule has 0 fully saturated rings. The van der Waals surface area contributed by atoms with E-state index in [2.05, 4.69) is 10.2 Å². The first-order valence-corrected chi connectivity index (χ1v) is 9.10. The van der Waals surface area contributed by atoms with Gasteiger partial charge in [-0.25, -0.2) is 4.79 Å². The molecule has 0 spiro atoms. The van der Waals surface area contributed by atoms with E-state index in [0.29, 0.717) is 22.1 Å². The predicted molar refractivity (Wildman–Crippen MR) is 104 cm³/mol. The second kappa shape index (κ2) is 7.13. The molecule has 0 aliphatic heterocycles. The average Bonchev–Trinajstić information content (AvgIpc) is 3.28. The fourth-order valence-electron chi connectivity index (χ4n) is 2.86. The Balaban J connectivity index is 1.54. The molecule has 0 radical (unpaired) electrons. The van der Waals surface area contributed by atoms with E-state index in [-0.39, 0.29) is 11.7 Å². The minimum absolute atomic E-state index is 0.127. The number of ether oxygens (including phenoxy) is 1. The molecule has 1 atom stereocenters. The molecular formula is C21H17ClN2O4. The van der Waals surface area contributed by atoms with Gasteiger partial charge in [0.2, 0.25) is 11.7 Å². The highest BCUT2D eigenvalue weighted by Gasteiger charge is 2.24. The summed E-state index contributed by atoms with van der Waals surface area (Å²) in [5.41, 5.74) is 3.17. The molecule has 0 aliphatic rings. The Bertz CT molecular complexity index is 1160. The quantitative estimate of drug-likeness (QED) is 0.413. The van der Waals surface area contributed by atoms with Gasteiger partial charge in [0.25, 0.3) is 5.89 Å². The van der Waals surface area contributed by atoms with E-state index in [1.807, 2.05) is 31.2 Å². The molecule has 0 amide bonds. The summed E-state index contributed by atoms with van der Waals surface area (Å²) >= 11 is 6.02. The highest BCUT2D eigenvalue weighted by molar-refractivity contribution is 6.31. The number of rotatable bonds is 4. The monoisotopic (exact) mass is 396 g/mol. The summed E-state index contributed by atoms with van der Waals surface area (Å²) in [5.74, 6) is 0.1000. The Hall–Kier alpha value is -3.12. The Morgan fingerprint density at radius 3 is 2.57 bits per heavy atom. The van der Waals surface area contributed by atoms with Crippen molar-refractivity contribution in [3.8, 4) is 11.5 Å². The number of fused-ring (bicyclic) bond motifs is 1. The van der Waals surface area contributed by atoms with Gasteiger partial charge in [0, 0.05) is 21.5 Å². The second-order valence-electron chi connectivity index (χ2n) is 6.56. The van der Waals surface area contributed by atoms with Crippen LogP contribution in [0.1, 0.15) is 40.6 Å². The lowest BCUT2D eigenvalue weighted by atomic mass is 10.1. The fourth-order valence-corrected chi connectivity index (χ4v) is 3.04. The number of hydrogen-bond acceptors (Lipinski definition) is 6. The van der Waals surface area contributed by atoms with Crippen LogP contribution in [0.15, 0.2) is 51.3 Å². The first-order valence-electron chi connectivity index (χ1n) is 8.72. The summed E-state index contributed by atoms with van der Waals surface area (Å²) in [6, 6.07) is 12.9. The van der Waals surface area contributed by atoms with E-state index in [4.69, 9.17) is 25.2 Å². The van der Waals surface area contributed by atoms with E-state index in [9.17, 15) is 4.79 Å². The maximum Gasteiger partial charge on any atom is 0.375 e. The molecule has 6 nitrogen and oxygen atoms in total. The fraction of sp³-hybridized carbons (Fsp3) is 0.190. The number of halogens is 1. The second-order valence-corrected chi connectivity index (χ2v) is 6.99. The molecule has 2 heterocycles. The number of aromatic nitrogens is 2. The normalized spacial score (nSPS) is 12.3. The van der Waals surface area contributed by atoms with Crippen LogP contribution in [0.2, 0.25) is 5.02 Å². The van der Waals surface area contributed by atoms with Crippen LogP contribution < -0.4 is 0 Å². The van der Waals surface area contributed by atoms with Gasteiger partial charge in [0.1, 0.15) is 5.58 Å². The first kappa shape index (κ1) is 18.3. The Labute approximate surface area is 166 Å². The third-order valence-electron chi connectivity index (χ3n) is 4.45. The molecule has 0 bridgehead atoms. The van der Waals surface area contributed by atoms with Crippen LogP contribution in [0, 0.1) is 13.8 Å². The van der Waals surface area contributed by atoms with Crippen molar-refractivity contribution in [2.45, 2.75) is 26.9 Å². The zero-order valence-electron chi connectivity index (χ0n) is 15.5. The van der Waals surface area contributed by atoms with Crippen molar-refractivity contribution in [3.63, 3.8) is 0 Å². The molecule has 4 aromatic rings. The van der Waals surface area contributed by atoms with Crippen LogP contribution in [0.3, 0.4) is 0 Å². The largest absolute Gasteiger partial charge is 0.449 e. The zero-order chi connectivity index (χ0) is 19.8. The van der Waals surface area contributed by atoms with Crippen molar-refractivity contribution >= 4 is 28.5 Å². The molecule has 0 saturated heterocycles. The van der Waals surface area contributed by atoms with Gasteiger partial charge >= 0.3 is 5.97 Å². The molecular weight excluding hydrogens is 380 g/mol. The molecule has 2 aromatic carbocycles. The van der Waals surface area contributed by atoms with E-state index in [1.54, 1.807) is 32.0 Å². The number of aryl methyl sites for hydroxylation is 2. The van der Waals surface area contributed by atoms with Crippen LogP contribution in [-0.2, 0) is 4.74 Å². The van der Waals surface area contributed by atoms with Crippen LogP contribution in [0.5, 0.6) is 0 Å².